The van der Waals surface area contributed by atoms with Gasteiger partial charge in [-0.3, -0.25) is 0 Å². The molecule has 2 amide bonds. The Morgan fingerprint density at radius 3 is 0.882 bits per heavy atom. The molecule has 0 spiro atoms. The van der Waals surface area contributed by atoms with Crippen molar-refractivity contribution in [2.24, 2.45) is 0 Å². The summed E-state index contributed by atoms with van der Waals surface area (Å²) in [5.41, 5.74) is 5.36. The van der Waals surface area contributed by atoms with Crippen molar-refractivity contribution in [2.75, 3.05) is 0 Å². The van der Waals surface area contributed by atoms with Gasteiger partial charge in [-0.2, -0.15) is 21.9 Å². The minimum Gasteiger partial charge on any atom is -0.377 e. The van der Waals surface area contributed by atoms with Gasteiger partial charge in [0.2, 0.25) is 12.2 Å². The van der Waals surface area contributed by atoms with Gasteiger partial charge in [0.05, 0.1) is 0 Å². The van der Waals surface area contributed by atoms with Crippen LogP contribution in [-0.4, -0.2) is 40.4 Å². The molecule has 4 aromatic carbocycles. The highest BCUT2D eigenvalue weighted by molar-refractivity contribution is 7.19. The van der Waals surface area contributed by atoms with Crippen LogP contribution in [0.2, 0.25) is 0 Å². The van der Waals surface area contributed by atoms with Crippen molar-refractivity contribution in [1.82, 2.24) is 0 Å². The topological polar surface area (TPSA) is 91.2 Å². The maximum atomic E-state index is 10.3. The Kier molecular flexibility index (Phi) is 7.14. The molecular weight excluding hydrogens is 425 g/mol. The summed E-state index contributed by atoms with van der Waals surface area (Å²) in [5, 5.41) is 17.9. The Labute approximate surface area is 198 Å². The molecule has 0 aliphatic carbocycles. The van der Waals surface area contributed by atoms with Crippen molar-refractivity contribution < 1.29 is 25.1 Å². The van der Waals surface area contributed by atoms with E-state index < -0.39 is 30.2 Å². The second-order valence-corrected chi connectivity index (χ2v) is 8.35. The average Bonchev–Trinajstić information content (AvgIpc) is 3.12. The molecule has 0 aromatic heterocycles. The molecular formula is C28H26BNO4. The summed E-state index contributed by atoms with van der Waals surface area (Å²) >= 11 is 0. The highest BCUT2D eigenvalue weighted by Crippen LogP contribution is 2.09. The summed E-state index contributed by atoms with van der Waals surface area (Å²) in [4.78, 5) is 20.6. The zero-order valence-corrected chi connectivity index (χ0v) is 18.6. The van der Waals surface area contributed by atoms with E-state index in [1.165, 1.54) is 21.9 Å². The third-order valence-electron chi connectivity index (χ3n) is 6.36. The van der Waals surface area contributed by atoms with Crippen LogP contribution in [0.1, 0.15) is 0 Å². The van der Waals surface area contributed by atoms with Gasteiger partial charge in [-0.05, 0) is 0 Å². The van der Waals surface area contributed by atoms with Crippen LogP contribution >= 0.6 is 0 Å². The van der Waals surface area contributed by atoms with Crippen molar-refractivity contribution in [3.63, 3.8) is 0 Å². The average molecular weight is 451 g/mol. The van der Waals surface area contributed by atoms with E-state index in [1.807, 2.05) is 0 Å². The lowest BCUT2D eigenvalue weighted by Gasteiger charge is -2.44. The smallest absolute Gasteiger partial charge is 0.350 e. The molecule has 1 saturated heterocycles. The SMILES string of the molecule is O=C1[NH2+]C(=O)C(O)C1O.c1ccc([B-](c2ccccc2)(c2ccccc2)c2ccccc2)cc1. The number of nitrogens with two attached hydrogens (primary N) is 1. The van der Waals surface area contributed by atoms with Crippen LogP contribution in [0.4, 0.5) is 0 Å². The number of aliphatic hydroxyl groups excluding tert-OH is 2. The van der Waals surface area contributed by atoms with E-state index in [0.29, 0.717) is 5.32 Å². The number of hydrogen-bond donors (Lipinski definition) is 3. The number of aliphatic hydroxyl groups is 2. The molecule has 0 saturated carbocycles. The van der Waals surface area contributed by atoms with Gasteiger partial charge in [0.1, 0.15) is 6.15 Å². The summed E-state index contributed by atoms with van der Waals surface area (Å²) in [6, 6.07) is 43.5. The first-order valence-electron chi connectivity index (χ1n) is 11.2. The van der Waals surface area contributed by atoms with Gasteiger partial charge in [-0.15, -0.1) is 0 Å². The van der Waals surface area contributed by atoms with Crippen molar-refractivity contribution in [1.29, 1.82) is 0 Å². The van der Waals surface area contributed by atoms with Gasteiger partial charge in [-0.25, -0.2) is 14.9 Å². The lowest BCUT2D eigenvalue weighted by molar-refractivity contribution is -0.480. The predicted octanol–water partition coefficient (Wildman–Crippen LogP) is -0.598. The first-order valence-corrected chi connectivity index (χ1v) is 11.2. The molecule has 6 heteroatoms. The van der Waals surface area contributed by atoms with Crippen LogP contribution in [-0.2, 0) is 9.59 Å². The van der Waals surface area contributed by atoms with E-state index in [1.54, 1.807) is 0 Å². The molecule has 1 heterocycles. The first-order chi connectivity index (χ1) is 16.5. The number of hydrogen-bond acceptors (Lipinski definition) is 4. The fourth-order valence-electron chi connectivity index (χ4n) is 4.74. The Morgan fingerprint density at radius 1 is 0.471 bits per heavy atom. The van der Waals surface area contributed by atoms with Crippen LogP contribution < -0.4 is 27.2 Å². The van der Waals surface area contributed by atoms with E-state index >= 15 is 0 Å². The molecule has 1 fully saturated rings. The van der Waals surface area contributed by atoms with Crippen molar-refractivity contribution >= 4 is 39.8 Å². The lowest BCUT2D eigenvalue weighted by Crippen LogP contribution is -2.89. The number of carbonyl (C=O) groups is 2. The normalized spacial score (nSPS) is 17.7. The summed E-state index contributed by atoms with van der Waals surface area (Å²) in [6.45, 7) is 0. The third-order valence-corrected chi connectivity index (χ3v) is 6.36. The van der Waals surface area contributed by atoms with Crippen LogP contribution in [0.3, 0.4) is 0 Å². The monoisotopic (exact) mass is 451 g/mol. The van der Waals surface area contributed by atoms with Crippen LogP contribution in [0.15, 0.2) is 121 Å². The van der Waals surface area contributed by atoms with Crippen molar-refractivity contribution in [3.05, 3.63) is 121 Å². The number of quaternary nitrogens is 1. The second kappa shape index (κ2) is 10.4. The maximum Gasteiger partial charge on any atom is 0.350 e. The molecule has 2 atom stereocenters. The van der Waals surface area contributed by atoms with Crippen molar-refractivity contribution in [2.45, 2.75) is 12.2 Å². The standard InChI is InChI=1S/C24H20B.C4H5NO4/c1-5-13-21(14-6-1)25(22-15-7-2-8-16-22,23-17-9-3-10-18-23)24-19-11-4-12-20-24;6-1-2(7)4(9)5-3(1)8/h1-20H;1-2,6-7H,(H,5,8,9)/q-1;/p+1. The van der Waals surface area contributed by atoms with Gasteiger partial charge in [0, 0.05) is 0 Å². The fourth-order valence-corrected chi connectivity index (χ4v) is 4.74. The van der Waals surface area contributed by atoms with Gasteiger partial charge >= 0.3 is 11.8 Å². The molecule has 1 aliphatic heterocycles. The molecule has 0 bridgehead atoms. The predicted molar refractivity (Wildman–Crippen MR) is 134 cm³/mol. The minimum atomic E-state index is -1.53. The van der Waals surface area contributed by atoms with E-state index in [2.05, 4.69) is 121 Å². The summed E-state index contributed by atoms with van der Waals surface area (Å²) < 4.78 is 0. The lowest BCUT2D eigenvalue weighted by atomic mass is 9.13. The van der Waals surface area contributed by atoms with Crippen LogP contribution in [0, 0.1) is 0 Å². The highest BCUT2D eigenvalue weighted by Gasteiger charge is 2.44. The number of amides is 2. The maximum absolute atomic E-state index is 10.3. The number of primary amides is 2. The van der Waals surface area contributed by atoms with E-state index in [4.69, 9.17) is 10.2 Å². The van der Waals surface area contributed by atoms with E-state index in [0.717, 1.165) is 0 Å². The second-order valence-electron chi connectivity index (χ2n) is 8.35. The number of benzene rings is 4. The molecule has 4 N–H and O–H groups in total. The highest BCUT2D eigenvalue weighted by atomic mass is 16.4. The molecule has 5 nitrogen and oxygen atoms in total. The number of carbonyl (C=O) groups excluding carboxylic acids is 2. The van der Waals surface area contributed by atoms with Crippen LogP contribution in [0.5, 0.6) is 0 Å². The number of imide groups is 1. The molecule has 170 valence electrons. The number of rotatable bonds is 4. The molecule has 5 rings (SSSR count). The minimum absolute atomic E-state index is 0.704. The quantitative estimate of drug-likeness (QED) is 0.286. The summed E-state index contributed by atoms with van der Waals surface area (Å²) in [6.07, 6.45) is -4.28. The van der Waals surface area contributed by atoms with Gasteiger partial charge in [0.25, 0.3) is 0 Å². The van der Waals surface area contributed by atoms with Crippen LogP contribution in [0.25, 0.3) is 0 Å². The Balaban J connectivity index is 0.000000257. The summed E-state index contributed by atoms with van der Waals surface area (Å²) in [7, 11) is 0. The van der Waals surface area contributed by atoms with Gasteiger partial charge < -0.3 is 10.2 Å². The van der Waals surface area contributed by atoms with E-state index in [-0.39, 0.29) is 0 Å². The van der Waals surface area contributed by atoms with Crippen molar-refractivity contribution in [3.8, 4) is 0 Å². The first kappa shape index (κ1) is 23.3. The molecule has 0 radical (unpaired) electrons. The third kappa shape index (κ3) is 4.47. The Hall–Kier alpha value is -3.84. The molecule has 1 aliphatic rings. The van der Waals surface area contributed by atoms with Gasteiger partial charge in [-0.1, -0.05) is 121 Å². The van der Waals surface area contributed by atoms with E-state index in [9.17, 15) is 9.59 Å². The largest absolute Gasteiger partial charge is 0.377 e. The van der Waals surface area contributed by atoms with Gasteiger partial charge in [0.15, 0.2) is 0 Å². The summed E-state index contributed by atoms with van der Waals surface area (Å²) in [5.74, 6) is -1.43. The zero-order valence-electron chi connectivity index (χ0n) is 18.6. The molecule has 4 aromatic rings. The Bertz CT molecular complexity index is 1050. The zero-order chi connectivity index (χ0) is 24.0. The Morgan fingerprint density at radius 2 is 0.706 bits per heavy atom. The molecule has 2 unspecified atom stereocenters. The molecule has 34 heavy (non-hydrogen) atoms. The fraction of sp³-hybridized carbons (Fsp3) is 0.0714.